The molecule has 106 valence electrons. The van der Waals surface area contributed by atoms with E-state index in [1.807, 2.05) is 30.3 Å². The molecule has 0 aromatic heterocycles. The number of anilines is 1. The zero-order valence-electron chi connectivity index (χ0n) is 11.1. The molecule has 0 fully saturated rings. The highest BCUT2D eigenvalue weighted by molar-refractivity contribution is 6.35. The van der Waals surface area contributed by atoms with Crippen molar-refractivity contribution in [3.63, 3.8) is 0 Å². The Morgan fingerprint density at radius 3 is 2.38 bits per heavy atom. The van der Waals surface area contributed by atoms with Gasteiger partial charge in [0.1, 0.15) is 5.75 Å². The van der Waals surface area contributed by atoms with E-state index in [0.29, 0.717) is 16.6 Å². The maximum Gasteiger partial charge on any atom is 0.121 e. The first-order valence-corrected chi connectivity index (χ1v) is 7.28. The highest BCUT2D eigenvalue weighted by atomic mass is 35.5. The molecule has 3 aromatic rings. The molecule has 0 aliphatic carbocycles. The Bertz CT molecular complexity index is 782. The fourth-order valence-electron chi connectivity index (χ4n) is 2.36. The normalized spacial score (nSPS) is 10.8. The van der Waals surface area contributed by atoms with Gasteiger partial charge in [0.15, 0.2) is 0 Å². The molecule has 0 radical (unpaired) electrons. The summed E-state index contributed by atoms with van der Waals surface area (Å²) in [5, 5.41) is 16.6. The van der Waals surface area contributed by atoms with Crippen molar-refractivity contribution in [1.82, 2.24) is 0 Å². The molecule has 0 aliphatic heterocycles. The fourth-order valence-corrected chi connectivity index (χ4v) is 2.88. The van der Waals surface area contributed by atoms with E-state index in [0.717, 1.165) is 22.0 Å². The Morgan fingerprint density at radius 2 is 1.62 bits per heavy atom. The Morgan fingerprint density at radius 1 is 0.905 bits per heavy atom. The van der Waals surface area contributed by atoms with E-state index in [1.165, 1.54) is 0 Å². The van der Waals surface area contributed by atoms with Crippen LogP contribution in [-0.4, -0.2) is 5.11 Å². The van der Waals surface area contributed by atoms with E-state index >= 15 is 0 Å². The van der Waals surface area contributed by atoms with Crippen LogP contribution < -0.4 is 5.32 Å². The van der Waals surface area contributed by atoms with Crippen LogP contribution in [0.2, 0.25) is 10.0 Å². The zero-order valence-corrected chi connectivity index (χ0v) is 12.6. The van der Waals surface area contributed by atoms with Gasteiger partial charge in [0.25, 0.3) is 0 Å². The van der Waals surface area contributed by atoms with Gasteiger partial charge in [0.05, 0.1) is 0 Å². The van der Waals surface area contributed by atoms with Gasteiger partial charge in [-0.05, 0) is 35.0 Å². The van der Waals surface area contributed by atoms with E-state index in [1.54, 1.807) is 24.3 Å². The summed E-state index contributed by atoms with van der Waals surface area (Å²) in [6.07, 6.45) is 0. The lowest BCUT2D eigenvalue weighted by molar-refractivity contribution is 0.470. The molecule has 0 saturated carbocycles. The summed E-state index contributed by atoms with van der Waals surface area (Å²) in [5.74, 6) is 0.273. The molecular formula is C17H13Cl2NO. The largest absolute Gasteiger partial charge is 0.508 e. The number of aromatic hydroxyl groups is 1. The van der Waals surface area contributed by atoms with Crippen molar-refractivity contribution in [1.29, 1.82) is 0 Å². The molecule has 0 saturated heterocycles. The molecule has 3 aromatic carbocycles. The molecule has 0 heterocycles. The SMILES string of the molecule is Oc1ccc2ccccc2c1CNc1cc(Cl)cc(Cl)c1. The molecule has 0 aliphatic rings. The van der Waals surface area contributed by atoms with Crippen LogP contribution in [-0.2, 0) is 6.54 Å². The van der Waals surface area contributed by atoms with Gasteiger partial charge in [-0.25, -0.2) is 0 Å². The molecule has 4 heteroatoms. The summed E-state index contributed by atoms with van der Waals surface area (Å²) >= 11 is 12.0. The van der Waals surface area contributed by atoms with Crippen molar-refractivity contribution in [2.75, 3.05) is 5.32 Å². The summed E-state index contributed by atoms with van der Waals surface area (Å²) in [5.41, 5.74) is 1.67. The van der Waals surface area contributed by atoms with Crippen molar-refractivity contribution >= 4 is 39.7 Å². The second-order valence-corrected chi connectivity index (χ2v) is 5.67. The average molecular weight is 318 g/mol. The third-order valence-electron chi connectivity index (χ3n) is 3.35. The maximum atomic E-state index is 10.1. The quantitative estimate of drug-likeness (QED) is 0.671. The van der Waals surface area contributed by atoms with Gasteiger partial charge >= 0.3 is 0 Å². The summed E-state index contributed by atoms with van der Waals surface area (Å²) < 4.78 is 0. The zero-order chi connectivity index (χ0) is 14.8. The summed E-state index contributed by atoms with van der Waals surface area (Å²) in [6, 6.07) is 16.9. The molecule has 21 heavy (non-hydrogen) atoms. The molecule has 0 spiro atoms. The monoisotopic (exact) mass is 317 g/mol. The Balaban J connectivity index is 1.93. The van der Waals surface area contributed by atoms with Gasteiger partial charge < -0.3 is 10.4 Å². The van der Waals surface area contributed by atoms with Crippen LogP contribution in [0.25, 0.3) is 10.8 Å². The van der Waals surface area contributed by atoms with E-state index in [4.69, 9.17) is 23.2 Å². The standard InChI is InChI=1S/C17H13Cl2NO/c18-12-7-13(19)9-14(8-12)20-10-16-15-4-2-1-3-11(15)5-6-17(16)21/h1-9,20-21H,10H2. The van der Waals surface area contributed by atoms with Gasteiger partial charge in [0.2, 0.25) is 0 Å². The Labute approximate surface area is 132 Å². The topological polar surface area (TPSA) is 32.3 Å². The molecule has 0 bridgehead atoms. The second-order valence-electron chi connectivity index (χ2n) is 4.80. The summed E-state index contributed by atoms with van der Waals surface area (Å²) in [7, 11) is 0. The molecule has 0 atom stereocenters. The third-order valence-corrected chi connectivity index (χ3v) is 3.78. The van der Waals surface area contributed by atoms with E-state index < -0.39 is 0 Å². The number of fused-ring (bicyclic) bond motifs is 1. The summed E-state index contributed by atoms with van der Waals surface area (Å²) in [4.78, 5) is 0. The Hall–Kier alpha value is -1.90. The van der Waals surface area contributed by atoms with E-state index in [2.05, 4.69) is 5.32 Å². The van der Waals surface area contributed by atoms with Gasteiger partial charge in [-0.2, -0.15) is 0 Å². The molecule has 2 nitrogen and oxygen atoms in total. The lowest BCUT2D eigenvalue weighted by Crippen LogP contribution is -2.00. The third kappa shape index (κ3) is 3.07. The smallest absolute Gasteiger partial charge is 0.121 e. The first kappa shape index (κ1) is 14.1. The number of phenols is 1. The van der Waals surface area contributed by atoms with Gasteiger partial charge in [0, 0.05) is 27.8 Å². The average Bonchev–Trinajstić information content (AvgIpc) is 2.45. The maximum absolute atomic E-state index is 10.1. The first-order valence-electron chi connectivity index (χ1n) is 6.53. The highest BCUT2D eigenvalue weighted by Crippen LogP contribution is 2.29. The lowest BCUT2D eigenvalue weighted by atomic mass is 10.0. The Kier molecular flexibility index (Phi) is 3.91. The molecule has 0 amide bonds. The minimum absolute atomic E-state index is 0.273. The second kappa shape index (κ2) is 5.84. The van der Waals surface area contributed by atoms with Crippen LogP contribution >= 0.6 is 23.2 Å². The minimum atomic E-state index is 0.273. The molecule has 2 N–H and O–H groups in total. The number of hydrogen-bond donors (Lipinski definition) is 2. The van der Waals surface area contributed by atoms with Gasteiger partial charge in [-0.3, -0.25) is 0 Å². The summed E-state index contributed by atoms with van der Waals surface area (Å²) in [6.45, 7) is 0.490. The van der Waals surface area contributed by atoms with Crippen molar-refractivity contribution < 1.29 is 5.11 Å². The number of rotatable bonds is 3. The van der Waals surface area contributed by atoms with Crippen LogP contribution in [0, 0.1) is 0 Å². The predicted octanol–water partition coefficient (Wildman–Crippen LogP) is 5.46. The van der Waals surface area contributed by atoms with Gasteiger partial charge in [-0.15, -0.1) is 0 Å². The van der Waals surface area contributed by atoms with Crippen molar-refractivity contribution in [2.45, 2.75) is 6.54 Å². The van der Waals surface area contributed by atoms with E-state index in [-0.39, 0.29) is 5.75 Å². The number of hydrogen-bond acceptors (Lipinski definition) is 2. The molecule has 0 unspecified atom stereocenters. The predicted molar refractivity (Wildman–Crippen MR) is 89.4 cm³/mol. The lowest BCUT2D eigenvalue weighted by Gasteiger charge is -2.12. The minimum Gasteiger partial charge on any atom is -0.508 e. The van der Waals surface area contributed by atoms with Crippen molar-refractivity contribution in [2.24, 2.45) is 0 Å². The van der Waals surface area contributed by atoms with Crippen LogP contribution in [0.1, 0.15) is 5.56 Å². The fraction of sp³-hybridized carbons (Fsp3) is 0.0588. The van der Waals surface area contributed by atoms with Crippen LogP contribution in [0.3, 0.4) is 0 Å². The van der Waals surface area contributed by atoms with Crippen molar-refractivity contribution in [3.05, 3.63) is 70.2 Å². The van der Waals surface area contributed by atoms with Gasteiger partial charge in [-0.1, -0.05) is 53.5 Å². The number of halogens is 2. The number of nitrogens with one attached hydrogen (secondary N) is 1. The van der Waals surface area contributed by atoms with Crippen LogP contribution in [0.4, 0.5) is 5.69 Å². The number of phenolic OH excluding ortho intramolecular Hbond substituents is 1. The molecule has 3 rings (SSSR count). The van der Waals surface area contributed by atoms with Crippen LogP contribution in [0.5, 0.6) is 5.75 Å². The number of benzene rings is 3. The van der Waals surface area contributed by atoms with Crippen LogP contribution in [0.15, 0.2) is 54.6 Å². The first-order chi connectivity index (χ1) is 10.1. The highest BCUT2D eigenvalue weighted by Gasteiger charge is 2.07. The van der Waals surface area contributed by atoms with Crippen molar-refractivity contribution in [3.8, 4) is 5.75 Å². The van der Waals surface area contributed by atoms with E-state index in [9.17, 15) is 5.11 Å². The molecular weight excluding hydrogens is 305 g/mol.